The molecule has 0 radical (unpaired) electrons. The van der Waals surface area contributed by atoms with Crippen LogP contribution >= 0.6 is 12.1 Å². The van der Waals surface area contributed by atoms with Gasteiger partial charge in [0.25, 0.3) is 6.47 Å². The highest BCUT2D eigenvalue weighted by molar-refractivity contribution is 7.94. The minimum Gasteiger partial charge on any atom is -0.468 e. The summed E-state index contributed by atoms with van der Waals surface area (Å²) in [4.78, 5) is 24.2. The Labute approximate surface area is 178 Å². The Morgan fingerprint density at radius 2 is 1.69 bits per heavy atom. The maximum absolute atomic E-state index is 12.2. The van der Waals surface area contributed by atoms with Gasteiger partial charge in [0.2, 0.25) is 5.91 Å². The Morgan fingerprint density at radius 3 is 2.28 bits per heavy atom. The van der Waals surface area contributed by atoms with Crippen LogP contribution in [0.2, 0.25) is 0 Å². The van der Waals surface area contributed by atoms with E-state index in [9.17, 15) is 13.5 Å². The lowest BCUT2D eigenvalue weighted by Gasteiger charge is -2.17. The molecule has 0 aromatic heterocycles. The molecular formula is C22H33FN2O3S. The summed E-state index contributed by atoms with van der Waals surface area (Å²) in [6.45, 7) is 3.26. The molecule has 5 nitrogen and oxygen atoms in total. The number of ether oxygens (including phenoxy) is 1. The molecule has 1 aromatic rings. The summed E-state index contributed by atoms with van der Waals surface area (Å²) in [5.74, 6) is 0.766. The van der Waals surface area contributed by atoms with Crippen molar-refractivity contribution in [2.24, 2.45) is 5.92 Å². The van der Waals surface area contributed by atoms with Gasteiger partial charge in [-0.1, -0.05) is 32.1 Å². The number of hydrogen-bond donors (Lipinski definition) is 1. The van der Waals surface area contributed by atoms with Crippen molar-refractivity contribution in [1.82, 2.24) is 4.90 Å². The average Bonchev–Trinajstić information content (AvgIpc) is 3.27. The highest BCUT2D eigenvalue weighted by Gasteiger charge is 2.17. The number of likely N-dealkylation sites (tertiary alicyclic amines) is 1. The lowest BCUT2D eigenvalue weighted by atomic mass is 9.92. The number of carbonyl (C=O) groups is 2. The molecule has 7 heteroatoms. The third kappa shape index (κ3) is 9.52. The molecule has 2 fully saturated rings. The molecule has 0 unspecified atom stereocenters. The molecule has 1 saturated heterocycles. The van der Waals surface area contributed by atoms with Crippen molar-refractivity contribution in [2.75, 3.05) is 31.6 Å². The van der Waals surface area contributed by atoms with Gasteiger partial charge in [0, 0.05) is 23.7 Å². The summed E-state index contributed by atoms with van der Waals surface area (Å²) in [7, 11) is 0. The number of hydrogen-bond acceptors (Lipinski definition) is 5. The van der Waals surface area contributed by atoms with Crippen LogP contribution in [0.25, 0.3) is 0 Å². The molecule has 0 spiro atoms. The first-order chi connectivity index (χ1) is 14.2. The molecule has 1 N–H and O–H groups in total. The number of nitrogens with zero attached hydrogens (tertiary/aromatic N) is 1. The van der Waals surface area contributed by atoms with E-state index < -0.39 is 0 Å². The number of amides is 1. The van der Waals surface area contributed by atoms with E-state index in [0.29, 0.717) is 30.4 Å². The van der Waals surface area contributed by atoms with Crippen LogP contribution in [0.4, 0.5) is 9.57 Å². The molecule has 162 valence electrons. The van der Waals surface area contributed by atoms with Crippen LogP contribution < -0.4 is 5.32 Å². The number of nitrogens with one attached hydrogen (secondary N) is 1. The van der Waals surface area contributed by atoms with E-state index in [4.69, 9.17) is 4.74 Å². The van der Waals surface area contributed by atoms with Crippen molar-refractivity contribution in [3.8, 4) is 0 Å². The maximum atomic E-state index is 12.2. The van der Waals surface area contributed by atoms with E-state index in [2.05, 4.69) is 5.32 Å². The quantitative estimate of drug-likeness (QED) is 0.608. The number of benzene rings is 1. The monoisotopic (exact) mass is 424 g/mol. The van der Waals surface area contributed by atoms with Crippen LogP contribution in [0.1, 0.15) is 57.8 Å². The highest BCUT2D eigenvalue weighted by atomic mass is 32.2. The Morgan fingerprint density at radius 1 is 1.07 bits per heavy atom. The maximum Gasteiger partial charge on any atom is 0.293 e. The van der Waals surface area contributed by atoms with E-state index >= 15 is 0 Å². The van der Waals surface area contributed by atoms with Crippen LogP contribution in [-0.2, 0) is 14.3 Å². The normalized spacial score (nSPS) is 17.5. The summed E-state index contributed by atoms with van der Waals surface area (Å²) < 4.78 is 17.0. The summed E-state index contributed by atoms with van der Waals surface area (Å²) in [5.41, 5.74) is 0.843. The first-order valence-corrected chi connectivity index (χ1v) is 11.4. The largest absolute Gasteiger partial charge is 0.468 e. The lowest BCUT2D eigenvalue weighted by molar-refractivity contribution is -0.130. The van der Waals surface area contributed by atoms with Gasteiger partial charge in [-0.15, -0.1) is 0 Å². The van der Waals surface area contributed by atoms with Gasteiger partial charge in [0.1, 0.15) is 0 Å². The molecule has 1 heterocycles. The van der Waals surface area contributed by atoms with Crippen LogP contribution in [-0.4, -0.2) is 43.5 Å². The molecule has 1 saturated carbocycles. The molecule has 29 heavy (non-hydrogen) atoms. The van der Waals surface area contributed by atoms with Crippen LogP contribution in [0.5, 0.6) is 0 Å². The lowest BCUT2D eigenvalue weighted by Crippen LogP contribution is -2.32. The highest BCUT2D eigenvalue weighted by Crippen LogP contribution is 2.22. The Hall–Kier alpha value is -1.76. The predicted octanol–water partition coefficient (Wildman–Crippen LogP) is 5.22. The number of rotatable bonds is 7. The van der Waals surface area contributed by atoms with Crippen molar-refractivity contribution >= 4 is 30.2 Å². The van der Waals surface area contributed by atoms with E-state index in [1.165, 1.54) is 44.9 Å². The number of anilines is 1. The van der Waals surface area contributed by atoms with Gasteiger partial charge in [0.15, 0.2) is 0 Å². The Kier molecular flexibility index (Phi) is 11.6. The minimum atomic E-state index is 0.131. The first kappa shape index (κ1) is 23.5. The zero-order valence-corrected chi connectivity index (χ0v) is 17.9. The van der Waals surface area contributed by atoms with Crippen LogP contribution in [0.15, 0.2) is 29.2 Å². The molecule has 0 atom stereocenters. The van der Waals surface area contributed by atoms with Crippen molar-refractivity contribution in [3.63, 3.8) is 0 Å². The van der Waals surface area contributed by atoms with Crippen molar-refractivity contribution < 1.29 is 18.2 Å². The fourth-order valence-electron chi connectivity index (χ4n) is 3.76. The number of carbonyl (C=O) groups excluding carboxylic acids is 2. The van der Waals surface area contributed by atoms with Gasteiger partial charge in [-0.2, -0.15) is 3.89 Å². The van der Waals surface area contributed by atoms with Crippen molar-refractivity contribution in [1.29, 1.82) is 0 Å². The predicted molar refractivity (Wildman–Crippen MR) is 116 cm³/mol. The Bertz CT molecular complexity index is 586. The van der Waals surface area contributed by atoms with Gasteiger partial charge in [0.05, 0.1) is 25.3 Å². The fraction of sp³-hybridized carbons (Fsp3) is 0.636. The SMILES string of the molecule is O=C(CNc1ccc(SF)cc1)N1CCCC1.O=COCC1CCCCCCC1. The second-order valence-corrected chi connectivity index (χ2v) is 8.31. The fourth-order valence-corrected chi connectivity index (χ4v) is 4.00. The van der Waals surface area contributed by atoms with Gasteiger partial charge < -0.3 is 15.0 Å². The molecule has 3 rings (SSSR count). The Balaban J connectivity index is 0.000000221. The summed E-state index contributed by atoms with van der Waals surface area (Å²) in [6, 6.07) is 6.93. The molecule has 2 aliphatic rings. The van der Waals surface area contributed by atoms with Crippen LogP contribution in [0.3, 0.4) is 0 Å². The minimum absolute atomic E-state index is 0.131. The molecular weight excluding hydrogens is 391 g/mol. The molecule has 0 bridgehead atoms. The third-order valence-corrected chi connectivity index (χ3v) is 5.92. The molecule has 1 aliphatic carbocycles. The number of halogens is 1. The van der Waals surface area contributed by atoms with Gasteiger partial charge >= 0.3 is 0 Å². The zero-order chi connectivity index (χ0) is 20.7. The van der Waals surface area contributed by atoms with Crippen molar-refractivity contribution in [3.05, 3.63) is 24.3 Å². The first-order valence-electron chi connectivity index (χ1n) is 10.7. The van der Waals surface area contributed by atoms with E-state index in [0.717, 1.165) is 31.6 Å². The molecule has 1 aromatic carbocycles. The van der Waals surface area contributed by atoms with Gasteiger partial charge in [-0.05, 0) is 55.9 Å². The zero-order valence-electron chi connectivity index (χ0n) is 17.1. The second-order valence-electron chi connectivity index (χ2n) is 7.68. The summed E-state index contributed by atoms with van der Waals surface area (Å²) in [5, 5.41) is 3.05. The van der Waals surface area contributed by atoms with Gasteiger partial charge in [-0.3, -0.25) is 9.59 Å². The topological polar surface area (TPSA) is 58.6 Å². The van der Waals surface area contributed by atoms with Gasteiger partial charge in [-0.25, -0.2) is 0 Å². The average molecular weight is 425 g/mol. The molecule has 1 amide bonds. The van der Waals surface area contributed by atoms with E-state index in [1.807, 2.05) is 4.90 Å². The summed E-state index contributed by atoms with van der Waals surface area (Å²) >= 11 is 0.219. The standard InChI is InChI=1S/C12H15FN2OS.C10H18O2/c13-17-11-5-3-10(4-6-11)14-9-12(16)15-7-1-2-8-15;11-9-12-8-10-6-4-2-1-3-5-7-10/h3-6,14H,1-2,7-9H2;9-10H,1-8H2. The van der Waals surface area contributed by atoms with E-state index in [1.54, 1.807) is 24.3 Å². The second kappa shape index (κ2) is 14.3. The third-order valence-electron chi connectivity index (χ3n) is 5.47. The molecule has 1 aliphatic heterocycles. The van der Waals surface area contributed by atoms with Crippen molar-refractivity contribution in [2.45, 2.75) is 62.7 Å². The van der Waals surface area contributed by atoms with Crippen LogP contribution in [0, 0.1) is 5.92 Å². The van der Waals surface area contributed by atoms with E-state index in [-0.39, 0.29) is 18.1 Å². The summed E-state index contributed by atoms with van der Waals surface area (Å²) in [6.07, 6.45) is 11.4. The smallest absolute Gasteiger partial charge is 0.293 e.